The Hall–Kier alpha value is -1.20. The summed E-state index contributed by atoms with van der Waals surface area (Å²) >= 11 is 0. The second-order valence-electron chi connectivity index (χ2n) is 8.69. The molecule has 134 valence electrons. The topological polar surface area (TPSA) is 58.4 Å². The number of hydrogen-bond acceptors (Lipinski definition) is 4. The molecule has 0 bridgehead atoms. The fraction of sp³-hybridized carbons (Fsp3) is 0.789. The van der Waals surface area contributed by atoms with E-state index in [-0.39, 0.29) is 11.0 Å². The fourth-order valence-electron chi connectivity index (χ4n) is 4.06. The van der Waals surface area contributed by atoms with Gasteiger partial charge in [-0.1, -0.05) is 33.6 Å². The van der Waals surface area contributed by atoms with Crippen LogP contribution in [0.25, 0.3) is 0 Å². The maximum Gasteiger partial charge on any atom is 0.266 e. The van der Waals surface area contributed by atoms with Gasteiger partial charge in [0.2, 0.25) is 0 Å². The lowest BCUT2D eigenvalue weighted by Gasteiger charge is -2.32. The molecule has 1 saturated heterocycles. The van der Waals surface area contributed by atoms with Crippen LogP contribution in [0.3, 0.4) is 0 Å². The molecule has 0 radical (unpaired) electrons. The Morgan fingerprint density at radius 3 is 2.62 bits per heavy atom. The summed E-state index contributed by atoms with van der Waals surface area (Å²) in [5.74, 6) is 0. The van der Waals surface area contributed by atoms with Crippen molar-refractivity contribution in [1.29, 1.82) is 0 Å². The predicted molar refractivity (Wildman–Crippen MR) is 95.2 cm³/mol. The van der Waals surface area contributed by atoms with Crippen LogP contribution in [-0.4, -0.2) is 44.5 Å². The zero-order valence-electron chi connectivity index (χ0n) is 15.3. The molecule has 0 spiro atoms. The molecule has 2 aliphatic rings. The Morgan fingerprint density at radius 1 is 1.25 bits per heavy atom. The number of aromatic nitrogens is 2. The van der Waals surface area contributed by atoms with Crippen molar-refractivity contribution in [2.75, 3.05) is 13.1 Å². The van der Waals surface area contributed by atoms with E-state index in [1.54, 1.807) is 10.7 Å². The van der Waals surface area contributed by atoms with E-state index in [1.807, 2.05) is 6.07 Å². The van der Waals surface area contributed by atoms with Gasteiger partial charge in [-0.05, 0) is 38.3 Å². The smallest absolute Gasteiger partial charge is 0.266 e. The van der Waals surface area contributed by atoms with Crippen molar-refractivity contribution in [3.05, 3.63) is 28.2 Å². The van der Waals surface area contributed by atoms with Crippen LogP contribution in [0, 0.1) is 0 Å². The van der Waals surface area contributed by atoms with E-state index in [4.69, 9.17) is 0 Å². The SMILES string of the molecule is CC(C)(C)c1ccc(=O)n(CC2CCCN2CC2(O)CCCC2)n1. The van der Waals surface area contributed by atoms with Gasteiger partial charge in [0.15, 0.2) is 0 Å². The molecule has 1 aliphatic heterocycles. The minimum absolute atomic E-state index is 0.0329. The van der Waals surface area contributed by atoms with E-state index in [1.165, 1.54) is 0 Å². The Bertz CT molecular complexity index is 626. The first-order valence-electron chi connectivity index (χ1n) is 9.32. The summed E-state index contributed by atoms with van der Waals surface area (Å²) < 4.78 is 1.63. The second kappa shape index (κ2) is 6.60. The third kappa shape index (κ3) is 3.89. The number of likely N-dealkylation sites (tertiary alicyclic amines) is 1. The number of rotatable bonds is 4. The molecule has 1 aromatic rings. The number of β-amino-alcohol motifs (C(OH)–C–C–N with tert-alkyl or cyclic N) is 1. The van der Waals surface area contributed by atoms with Crippen LogP contribution in [0.2, 0.25) is 0 Å². The second-order valence-corrected chi connectivity index (χ2v) is 8.69. The van der Waals surface area contributed by atoms with E-state index in [9.17, 15) is 9.90 Å². The van der Waals surface area contributed by atoms with Crippen molar-refractivity contribution in [2.45, 2.75) is 82.9 Å². The molecule has 5 nitrogen and oxygen atoms in total. The summed E-state index contributed by atoms with van der Waals surface area (Å²) in [7, 11) is 0. The van der Waals surface area contributed by atoms with Crippen molar-refractivity contribution in [3.63, 3.8) is 0 Å². The van der Waals surface area contributed by atoms with E-state index < -0.39 is 5.60 Å². The molecule has 2 fully saturated rings. The third-order valence-electron chi connectivity index (χ3n) is 5.55. The molecule has 1 aliphatic carbocycles. The van der Waals surface area contributed by atoms with Crippen LogP contribution >= 0.6 is 0 Å². The Balaban J connectivity index is 1.74. The summed E-state index contributed by atoms with van der Waals surface area (Å²) in [4.78, 5) is 14.6. The molecule has 1 N–H and O–H groups in total. The van der Waals surface area contributed by atoms with Gasteiger partial charge in [-0.3, -0.25) is 9.69 Å². The lowest BCUT2D eigenvalue weighted by atomic mass is 9.92. The number of aliphatic hydroxyl groups is 1. The largest absolute Gasteiger partial charge is 0.389 e. The van der Waals surface area contributed by atoms with Gasteiger partial charge in [-0.15, -0.1) is 0 Å². The van der Waals surface area contributed by atoms with E-state index >= 15 is 0 Å². The van der Waals surface area contributed by atoms with Crippen LogP contribution in [0.15, 0.2) is 16.9 Å². The van der Waals surface area contributed by atoms with Gasteiger partial charge in [-0.2, -0.15) is 5.10 Å². The lowest BCUT2D eigenvalue weighted by molar-refractivity contribution is 0.00353. The van der Waals surface area contributed by atoms with E-state index in [0.29, 0.717) is 12.6 Å². The highest BCUT2D eigenvalue weighted by Gasteiger charge is 2.37. The molecular formula is C19H31N3O2. The standard InChI is InChI=1S/C19H31N3O2/c1-18(2,3)16-8-9-17(23)22(20-16)13-15-7-6-12-21(15)14-19(24)10-4-5-11-19/h8-9,15,24H,4-7,10-14H2,1-3H3. The minimum atomic E-state index is -0.520. The number of nitrogens with zero attached hydrogens (tertiary/aromatic N) is 3. The molecule has 24 heavy (non-hydrogen) atoms. The molecule has 1 atom stereocenters. The number of hydrogen-bond donors (Lipinski definition) is 1. The van der Waals surface area contributed by atoms with Crippen LogP contribution in [0.1, 0.15) is 65.0 Å². The van der Waals surface area contributed by atoms with Crippen LogP contribution in [-0.2, 0) is 12.0 Å². The van der Waals surface area contributed by atoms with Crippen molar-refractivity contribution in [3.8, 4) is 0 Å². The highest BCUT2D eigenvalue weighted by molar-refractivity contribution is 5.10. The monoisotopic (exact) mass is 333 g/mol. The Labute approximate surface area is 144 Å². The van der Waals surface area contributed by atoms with E-state index in [2.05, 4.69) is 30.8 Å². The summed E-state index contributed by atoms with van der Waals surface area (Å²) in [5.41, 5.74) is 0.327. The molecule has 1 aromatic heterocycles. The van der Waals surface area contributed by atoms with Crippen molar-refractivity contribution in [1.82, 2.24) is 14.7 Å². The molecule has 5 heteroatoms. The molecular weight excluding hydrogens is 302 g/mol. The first kappa shape index (κ1) is 17.6. The molecule has 0 aromatic carbocycles. The maximum absolute atomic E-state index is 12.2. The molecule has 1 saturated carbocycles. The first-order valence-corrected chi connectivity index (χ1v) is 9.32. The van der Waals surface area contributed by atoms with Gasteiger partial charge < -0.3 is 5.11 Å². The normalized spacial score (nSPS) is 24.6. The predicted octanol–water partition coefficient (Wildman–Crippen LogP) is 2.31. The molecule has 2 heterocycles. The van der Waals surface area contributed by atoms with Gasteiger partial charge in [0.1, 0.15) is 0 Å². The third-order valence-corrected chi connectivity index (χ3v) is 5.55. The highest BCUT2D eigenvalue weighted by atomic mass is 16.3. The Morgan fingerprint density at radius 2 is 1.96 bits per heavy atom. The molecule has 1 unspecified atom stereocenters. The molecule has 0 amide bonds. The van der Waals surface area contributed by atoms with Crippen molar-refractivity contribution < 1.29 is 5.11 Å². The van der Waals surface area contributed by atoms with Crippen LogP contribution in [0.4, 0.5) is 0 Å². The Kier molecular flexibility index (Phi) is 4.85. The van der Waals surface area contributed by atoms with Gasteiger partial charge in [-0.25, -0.2) is 4.68 Å². The summed E-state index contributed by atoms with van der Waals surface area (Å²) in [6.07, 6.45) is 6.29. The van der Waals surface area contributed by atoms with Crippen molar-refractivity contribution in [2.24, 2.45) is 0 Å². The van der Waals surface area contributed by atoms with Gasteiger partial charge >= 0.3 is 0 Å². The lowest BCUT2D eigenvalue weighted by Crippen LogP contribution is -2.45. The van der Waals surface area contributed by atoms with Gasteiger partial charge in [0.25, 0.3) is 5.56 Å². The van der Waals surface area contributed by atoms with E-state index in [0.717, 1.165) is 57.3 Å². The van der Waals surface area contributed by atoms with Crippen LogP contribution < -0.4 is 5.56 Å². The zero-order valence-corrected chi connectivity index (χ0v) is 15.3. The summed E-state index contributed by atoms with van der Waals surface area (Å²) in [6, 6.07) is 3.78. The average molecular weight is 333 g/mol. The fourth-order valence-corrected chi connectivity index (χ4v) is 4.06. The summed E-state index contributed by atoms with van der Waals surface area (Å²) in [6.45, 7) is 8.72. The van der Waals surface area contributed by atoms with Crippen LogP contribution in [0.5, 0.6) is 0 Å². The first-order chi connectivity index (χ1) is 11.3. The minimum Gasteiger partial charge on any atom is -0.389 e. The zero-order chi connectivity index (χ0) is 17.4. The quantitative estimate of drug-likeness (QED) is 0.919. The summed E-state index contributed by atoms with van der Waals surface area (Å²) in [5, 5.41) is 15.3. The van der Waals surface area contributed by atoms with Crippen molar-refractivity contribution >= 4 is 0 Å². The molecule has 3 rings (SSSR count). The maximum atomic E-state index is 12.2. The van der Waals surface area contributed by atoms with Gasteiger partial charge in [0, 0.05) is 24.1 Å². The van der Waals surface area contributed by atoms with Gasteiger partial charge in [0.05, 0.1) is 17.8 Å². The average Bonchev–Trinajstić information content (AvgIpc) is 3.10. The highest BCUT2D eigenvalue weighted by Crippen LogP contribution is 2.32.